The van der Waals surface area contributed by atoms with Crippen LogP contribution in [0.4, 0.5) is 0 Å². The summed E-state index contributed by atoms with van der Waals surface area (Å²) in [5.74, 6) is 0. The van der Waals surface area contributed by atoms with E-state index in [1.165, 1.54) is 22.3 Å². The fraction of sp³-hybridized carbons (Fsp3) is 0.176. The number of rotatable bonds is 4. The number of benzene rings is 2. The molecular weight excluding hydrogens is 218 g/mol. The summed E-state index contributed by atoms with van der Waals surface area (Å²) in [6.45, 7) is 3.07. The molecule has 0 aliphatic heterocycles. The van der Waals surface area contributed by atoms with E-state index in [0.29, 0.717) is 0 Å². The van der Waals surface area contributed by atoms with Gasteiger partial charge in [-0.15, -0.1) is 0 Å². The van der Waals surface area contributed by atoms with Crippen LogP contribution in [0.3, 0.4) is 0 Å². The Morgan fingerprint density at radius 3 is 1.83 bits per heavy atom. The molecule has 0 aliphatic carbocycles. The lowest BCUT2D eigenvalue weighted by Gasteiger charge is -2.13. The van der Waals surface area contributed by atoms with Crippen LogP contribution in [0, 0.1) is 0 Å². The molecule has 0 amide bonds. The Morgan fingerprint density at radius 2 is 1.33 bits per heavy atom. The first-order chi connectivity index (χ1) is 8.83. The van der Waals surface area contributed by atoms with E-state index in [4.69, 9.17) is 0 Å². The van der Waals surface area contributed by atoms with E-state index in [2.05, 4.69) is 72.9 Å². The van der Waals surface area contributed by atoms with Crippen molar-refractivity contribution >= 4 is 11.1 Å². The molecule has 0 atom stereocenters. The van der Waals surface area contributed by atoms with Gasteiger partial charge in [-0.2, -0.15) is 0 Å². The summed E-state index contributed by atoms with van der Waals surface area (Å²) in [6.07, 6.45) is 0. The van der Waals surface area contributed by atoms with Gasteiger partial charge in [0.2, 0.25) is 0 Å². The third kappa shape index (κ3) is 2.88. The zero-order valence-electron chi connectivity index (χ0n) is 11.0. The van der Waals surface area contributed by atoms with Gasteiger partial charge < -0.3 is 5.32 Å². The lowest BCUT2D eigenvalue weighted by atomic mass is 9.96. The van der Waals surface area contributed by atoms with Crippen LogP contribution in [0.2, 0.25) is 0 Å². The van der Waals surface area contributed by atoms with Crippen LogP contribution >= 0.6 is 0 Å². The Bertz CT molecular complexity index is 512. The van der Waals surface area contributed by atoms with Gasteiger partial charge in [0.15, 0.2) is 0 Å². The number of hydrogen-bond donors (Lipinski definition) is 1. The second-order valence-electron chi connectivity index (χ2n) is 4.37. The van der Waals surface area contributed by atoms with Crippen LogP contribution < -0.4 is 5.32 Å². The summed E-state index contributed by atoms with van der Waals surface area (Å²) in [5, 5.41) is 3.26. The fourth-order valence-corrected chi connectivity index (χ4v) is 2.13. The topological polar surface area (TPSA) is 12.0 Å². The molecule has 0 bridgehead atoms. The van der Waals surface area contributed by atoms with Gasteiger partial charge in [0, 0.05) is 6.54 Å². The van der Waals surface area contributed by atoms with Crippen molar-refractivity contribution in [3.63, 3.8) is 0 Å². The van der Waals surface area contributed by atoms with Gasteiger partial charge in [0.25, 0.3) is 0 Å². The molecule has 1 nitrogen and oxygen atoms in total. The Kier molecular flexibility index (Phi) is 4.32. The van der Waals surface area contributed by atoms with E-state index in [0.717, 1.165) is 6.54 Å². The predicted molar refractivity (Wildman–Crippen MR) is 79.3 cm³/mol. The maximum absolute atomic E-state index is 3.26. The minimum Gasteiger partial charge on any atom is -0.316 e. The van der Waals surface area contributed by atoms with E-state index >= 15 is 0 Å². The van der Waals surface area contributed by atoms with Crippen LogP contribution in [-0.2, 0) is 0 Å². The SMILES string of the molecule is CNC/C(=C(\C)c1ccccc1)c1ccccc1. The van der Waals surface area contributed by atoms with Crippen molar-refractivity contribution < 1.29 is 0 Å². The lowest BCUT2D eigenvalue weighted by molar-refractivity contribution is 0.931. The van der Waals surface area contributed by atoms with Gasteiger partial charge in [-0.3, -0.25) is 0 Å². The molecular formula is C17H19N. The van der Waals surface area contributed by atoms with E-state index < -0.39 is 0 Å². The van der Waals surface area contributed by atoms with E-state index in [-0.39, 0.29) is 0 Å². The fourth-order valence-electron chi connectivity index (χ4n) is 2.13. The van der Waals surface area contributed by atoms with Gasteiger partial charge in [-0.25, -0.2) is 0 Å². The first-order valence-corrected chi connectivity index (χ1v) is 6.28. The Balaban J connectivity index is 2.47. The highest BCUT2D eigenvalue weighted by Gasteiger charge is 2.06. The Labute approximate surface area is 109 Å². The molecule has 18 heavy (non-hydrogen) atoms. The number of allylic oxidation sites excluding steroid dienone is 1. The summed E-state index contributed by atoms with van der Waals surface area (Å²) in [6, 6.07) is 21.1. The largest absolute Gasteiger partial charge is 0.316 e. The molecule has 2 aromatic carbocycles. The van der Waals surface area contributed by atoms with Gasteiger partial charge in [-0.1, -0.05) is 60.7 Å². The van der Waals surface area contributed by atoms with Crippen LogP contribution in [0.5, 0.6) is 0 Å². The van der Waals surface area contributed by atoms with Gasteiger partial charge >= 0.3 is 0 Å². The summed E-state index contributed by atoms with van der Waals surface area (Å²) in [5.41, 5.74) is 5.25. The van der Waals surface area contributed by atoms with Crippen LogP contribution in [0.1, 0.15) is 18.1 Å². The quantitative estimate of drug-likeness (QED) is 0.797. The molecule has 1 N–H and O–H groups in total. The first kappa shape index (κ1) is 12.6. The monoisotopic (exact) mass is 237 g/mol. The molecule has 92 valence electrons. The van der Waals surface area contributed by atoms with Crippen molar-refractivity contribution in [2.75, 3.05) is 13.6 Å². The van der Waals surface area contributed by atoms with E-state index in [1.54, 1.807) is 0 Å². The van der Waals surface area contributed by atoms with Crippen molar-refractivity contribution in [1.29, 1.82) is 0 Å². The Hall–Kier alpha value is -1.86. The average Bonchev–Trinajstić information content (AvgIpc) is 2.46. The van der Waals surface area contributed by atoms with E-state index in [1.807, 2.05) is 7.05 Å². The molecule has 0 heterocycles. The predicted octanol–water partition coefficient (Wildman–Crippen LogP) is 3.84. The molecule has 2 aromatic rings. The van der Waals surface area contributed by atoms with Crippen LogP contribution in [-0.4, -0.2) is 13.6 Å². The number of nitrogens with one attached hydrogen (secondary N) is 1. The molecule has 2 rings (SSSR count). The van der Waals surface area contributed by atoms with E-state index in [9.17, 15) is 0 Å². The zero-order valence-corrected chi connectivity index (χ0v) is 11.0. The molecule has 1 heteroatoms. The second kappa shape index (κ2) is 6.18. The van der Waals surface area contributed by atoms with Gasteiger partial charge in [0.1, 0.15) is 0 Å². The third-order valence-electron chi connectivity index (χ3n) is 3.14. The Morgan fingerprint density at radius 1 is 0.833 bits per heavy atom. The van der Waals surface area contributed by atoms with Crippen molar-refractivity contribution in [3.8, 4) is 0 Å². The molecule has 0 radical (unpaired) electrons. The molecule has 0 unspecified atom stereocenters. The van der Waals surface area contributed by atoms with Crippen LogP contribution in [0.25, 0.3) is 11.1 Å². The van der Waals surface area contributed by atoms with Crippen molar-refractivity contribution in [2.24, 2.45) is 0 Å². The molecule has 0 spiro atoms. The minimum atomic E-state index is 0.880. The maximum Gasteiger partial charge on any atom is 0.0211 e. The highest BCUT2D eigenvalue weighted by Crippen LogP contribution is 2.25. The summed E-state index contributed by atoms with van der Waals surface area (Å²) >= 11 is 0. The van der Waals surface area contributed by atoms with Crippen LogP contribution in [0.15, 0.2) is 60.7 Å². The normalized spacial score (nSPS) is 12.1. The highest BCUT2D eigenvalue weighted by molar-refractivity contribution is 5.90. The average molecular weight is 237 g/mol. The number of hydrogen-bond acceptors (Lipinski definition) is 1. The molecule has 0 saturated heterocycles. The summed E-state index contributed by atoms with van der Waals surface area (Å²) in [4.78, 5) is 0. The summed E-state index contributed by atoms with van der Waals surface area (Å²) < 4.78 is 0. The van der Waals surface area contributed by atoms with Gasteiger partial charge in [-0.05, 0) is 36.2 Å². The van der Waals surface area contributed by atoms with Crippen molar-refractivity contribution in [3.05, 3.63) is 71.8 Å². The zero-order chi connectivity index (χ0) is 12.8. The third-order valence-corrected chi connectivity index (χ3v) is 3.14. The molecule has 0 aliphatic rings. The van der Waals surface area contributed by atoms with Crippen molar-refractivity contribution in [2.45, 2.75) is 6.92 Å². The number of likely N-dealkylation sites (N-methyl/N-ethyl adjacent to an activating group) is 1. The minimum absolute atomic E-state index is 0.880. The highest BCUT2D eigenvalue weighted by atomic mass is 14.8. The molecule has 0 fully saturated rings. The second-order valence-corrected chi connectivity index (χ2v) is 4.37. The van der Waals surface area contributed by atoms with Crippen molar-refractivity contribution in [1.82, 2.24) is 5.32 Å². The maximum atomic E-state index is 3.26. The molecule has 0 saturated carbocycles. The molecule has 0 aromatic heterocycles. The lowest BCUT2D eigenvalue weighted by Crippen LogP contribution is -2.11. The standard InChI is InChI=1S/C17H19N/c1-14(15-9-5-3-6-10-15)17(13-18-2)16-11-7-4-8-12-16/h3-12,18H,13H2,1-2H3/b17-14-. The van der Waals surface area contributed by atoms with Gasteiger partial charge in [0.05, 0.1) is 0 Å². The smallest absolute Gasteiger partial charge is 0.0211 e. The first-order valence-electron chi connectivity index (χ1n) is 6.28. The summed E-state index contributed by atoms with van der Waals surface area (Å²) in [7, 11) is 1.99.